The summed E-state index contributed by atoms with van der Waals surface area (Å²) in [6.45, 7) is 3.33. The minimum Gasteiger partial charge on any atom is -0.398 e. The second kappa shape index (κ2) is 5.28. The monoisotopic (exact) mass is 312 g/mol. The molecule has 1 aromatic carbocycles. The first-order valence-corrected chi connectivity index (χ1v) is 6.77. The van der Waals surface area contributed by atoms with E-state index in [1.165, 1.54) is 0 Å². The van der Waals surface area contributed by atoms with E-state index >= 15 is 0 Å². The Kier molecular flexibility index (Phi) is 3.92. The Morgan fingerprint density at radius 2 is 2.39 bits per heavy atom. The van der Waals surface area contributed by atoms with Crippen molar-refractivity contribution in [3.8, 4) is 0 Å². The fraction of sp³-hybridized carbons (Fsp3) is 0.462. The Morgan fingerprint density at radius 1 is 1.61 bits per heavy atom. The zero-order valence-electron chi connectivity index (χ0n) is 10.3. The maximum absolute atomic E-state index is 12.0. The van der Waals surface area contributed by atoms with Gasteiger partial charge in [0.2, 0.25) is 0 Å². The predicted molar refractivity (Wildman–Crippen MR) is 74.5 cm³/mol. The summed E-state index contributed by atoms with van der Waals surface area (Å²) < 4.78 is 6.42. The number of hydrogen-bond acceptors (Lipinski definition) is 3. The molecule has 0 saturated carbocycles. The van der Waals surface area contributed by atoms with Crippen LogP contribution in [0.2, 0.25) is 0 Å². The van der Waals surface area contributed by atoms with Crippen LogP contribution in [0.5, 0.6) is 0 Å². The van der Waals surface area contributed by atoms with Crippen LogP contribution in [0.1, 0.15) is 30.1 Å². The number of benzene rings is 1. The molecule has 1 atom stereocenters. The molecule has 1 saturated heterocycles. The summed E-state index contributed by atoms with van der Waals surface area (Å²) in [7, 11) is 0. The number of amides is 1. The van der Waals surface area contributed by atoms with Gasteiger partial charge < -0.3 is 15.8 Å². The number of anilines is 1. The van der Waals surface area contributed by atoms with Gasteiger partial charge in [0, 0.05) is 28.9 Å². The number of ether oxygens (including phenoxy) is 1. The van der Waals surface area contributed by atoms with Crippen LogP contribution in [0.3, 0.4) is 0 Å². The Balaban J connectivity index is 1.97. The minimum absolute atomic E-state index is 0.120. The molecule has 1 fully saturated rings. The fourth-order valence-electron chi connectivity index (χ4n) is 2.03. The lowest BCUT2D eigenvalue weighted by Gasteiger charge is -2.23. The van der Waals surface area contributed by atoms with Crippen molar-refractivity contribution in [1.82, 2.24) is 5.32 Å². The van der Waals surface area contributed by atoms with E-state index < -0.39 is 0 Å². The van der Waals surface area contributed by atoms with Gasteiger partial charge in [0.1, 0.15) is 0 Å². The van der Waals surface area contributed by atoms with E-state index in [0.29, 0.717) is 17.8 Å². The first-order chi connectivity index (χ1) is 8.50. The molecule has 1 aliphatic heterocycles. The maximum atomic E-state index is 12.0. The van der Waals surface area contributed by atoms with E-state index in [0.717, 1.165) is 23.9 Å². The van der Waals surface area contributed by atoms with Crippen molar-refractivity contribution in [3.05, 3.63) is 28.2 Å². The molecule has 0 aromatic heterocycles. The van der Waals surface area contributed by atoms with Gasteiger partial charge in [-0.25, -0.2) is 0 Å². The number of rotatable bonds is 3. The van der Waals surface area contributed by atoms with Crippen LogP contribution >= 0.6 is 15.9 Å². The smallest absolute Gasteiger partial charge is 0.251 e. The van der Waals surface area contributed by atoms with Crippen LogP contribution in [-0.4, -0.2) is 24.7 Å². The van der Waals surface area contributed by atoms with Crippen LogP contribution < -0.4 is 11.1 Å². The Hall–Kier alpha value is -1.07. The van der Waals surface area contributed by atoms with Crippen molar-refractivity contribution >= 4 is 27.5 Å². The Bertz CT molecular complexity index is 456. The van der Waals surface area contributed by atoms with Gasteiger partial charge in [-0.15, -0.1) is 0 Å². The van der Waals surface area contributed by atoms with Crippen LogP contribution in [-0.2, 0) is 4.74 Å². The third-order valence-electron chi connectivity index (χ3n) is 3.18. The summed E-state index contributed by atoms with van der Waals surface area (Å²) >= 11 is 3.30. The third kappa shape index (κ3) is 3.03. The molecule has 2 rings (SSSR count). The molecule has 0 aliphatic carbocycles. The molecule has 1 aliphatic rings. The van der Waals surface area contributed by atoms with Crippen molar-refractivity contribution in [2.24, 2.45) is 0 Å². The summed E-state index contributed by atoms with van der Waals surface area (Å²) in [6, 6.07) is 5.18. The molecular formula is C13H17BrN2O2. The lowest BCUT2D eigenvalue weighted by molar-refractivity contribution is 0.0206. The van der Waals surface area contributed by atoms with Crippen molar-refractivity contribution in [2.45, 2.75) is 25.4 Å². The van der Waals surface area contributed by atoms with E-state index in [9.17, 15) is 4.79 Å². The molecule has 1 amide bonds. The lowest BCUT2D eigenvalue weighted by Crippen LogP contribution is -2.40. The van der Waals surface area contributed by atoms with Gasteiger partial charge in [-0.1, -0.05) is 0 Å². The predicted octanol–water partition coefficient (Wildman–Crippen LogP) is 2.33. The highest BCUT2D eigenvalue weighted by atomic mass is 79.9. The van der Waals surface area contributed by atoms with E-state index in [1.807, 2.05) is 6.92 Å². The molecule has 4 nitrogen and oxygen atoms in total. The number of hydrogen-bond donors (Lipinski definition) is 2. The molecule has 1 aromatic rings. The Morgan fingerprint density at radius 3 is 3.00 bits per heavy atom. The number of carbonyl (C=O) groups excluding carboxylic acids is 1. The van der Waals surface area contributed by atoms with Crippen molar-refractivity contribution in [1.29, 1.82) is 0 Å². The lowest BCUT2D eigenvalue weighted by atomic mass is 10.0. The summed E-state index contributed by atoms with van der Waals surface area (Å²) in [5, 5.41) is 2.89. The molecule has 1 unspecified atom stereocenters. The van der Waals surface area contributed by atoms with Gasteiger partial charge in [-0.2, -0.15) is 0 Å². The number of carbonyl (C=O) groups is 1. The van der Waals surface area contributed by atoms with Crippen LogP contribution in [0.15, 0.2) is 22.7 Å². The van der Waals surface area contributed by atoms with Crippen molar-refractivity contribution < 1.29 is 9.53 Å². The number of halogens is 1. The molecular weight excluding hydrogens is 296 g/mol. The average molecular weight is 313 g/mol. The largest absolute Gasteiger partial charge is 0.398 e. The third-order valence-corrected chi connectivity index (χ3v) is 3.90. The van der Waals surface area contributed by atoms with Crippen LogP contribution in [0.25, 0.3) is 0 Å². The Labute approximate surface area is 115 Å². The molecule has 98 valence electrons. The first-order valence-electron chi connectivity index (χ1n) is 5.97. The zero-order valence-corrected chi connectivity index (χ0v) is 11.9. The van der Waals surface area contributed by atoms with Gasteiger partial charge in [0.25, 0.3) is 5.91 Å². The molecule has 3 N–H and O–H groups in total. The normalized spacial score (nSPS) is 23.0. The van der Waals surface area contributed by atoms with E-state index in [4.69, 9.17) is 10.5 Å². The van der Waals surface area contributed by atoms with E-state index in [2.05, 4.69) is 21.2 Å². The highest BCUT2D eigenvalue weighted by molar-refractivity contribution is 9.10. The number of nitrogens with one attached hydrogen (secondary N) is 1. The first kappa shape index (κ1) is 13.4. The standard InChI is InChI=1S/C13H17BrN2O2/c1-13(5-2-6-18-13)8-16-12(17)9-3-4-10(14)11(15)7-9/h3-4,7H,2,5-6,8,15H2,1H3,(H,16,17). The van der Waals surface area contributed by atoms with Crippen LogP contribution in [0.4, 0.5) is 5.69 Å². The van der Waals surface area contributed by atoms with Gasteiger partial charge in [0.15, 0.2) is 0 Å². The molecule has 0 radical (unpaired) electrons. The van der Waals surface area contributed by atoms with E-state index in [-0.39, 0.29) is 11.5 Å². The minimum atomic E-state index is -0.226. The summed E-state index contributed by atoms with van der Waals surface area (Å²) in [5.41, 5.74) is 6.65. The maximum Gasteiger partial charge on any atom is 0.251 e. The SMILES string of the molecule is CC1(CNC(=O)c2ccc(Br)c(N)c2)CCCO1. The highest BCUT2D eigenvalue weighted by Crippen LogP contribution is 2.24. The second-order valence-electron chi connectivity index (χ2n) is 4.82. The summed E-state index contributed by atoms with van der Waals surface area (Å²) in [4.78, 5) is 12.0. The molecule has 1 heterocycles. The topological polar surface area (TPSA) is 64.4 Å². The number of nitrogen functional groups attached to an aromatic ring is 1. The van der Waals surface area contributed by atoms with Crippen LogP contribution in [0, 0.1) is 0 Å². The molecule has 5 heteroatoms. The zero-order chi connectivity index (χ0) is 13.2. The van der Waals surface area contributed by atoms with Gasteiger partial charge in [0.05, 0.1) is 5.60 Å². The quantitative estimate of drug-likeness (QED) is 0.842. The molecule has 0 bridgehead atoms. The van der Waals surface area contributed by atoms with Crippen molar-refractivity contribution in [2.75, 3.05) is 18.9 Å². The fourth-order valence-corrected chi connectivity index (χ4v) is 2.28. The summed E-state index contributed by atoms with van der Waals surface area (Å²) in [5.74, 6) is -0.120. The van der Waals surface area contributed by atoms with E-state index in [1.54, 1.807) is 18.2 Å². The second-order valence-corrected chi connectivity index (χ2v) is 5.68. The van der Waals surface area contributed by atoms with Gasteiger partial charge in [-0.3, -0.25) is 4.79 Å². The molecule has 18 heavy (non-hydrogen) atoms. The van der Waals surface area contributed by atoms with Gasteiger partial charge >= 0.3 is 0 Å². The molecule has 0 spiro atoms. The highest BCUT2D eigenvalue weighted by Gasteiger charge is 2.30. The average Bonchev–Trinajstić information content (AvgIpc) is 2.77. The summed E-state index contributed by atoms with van der Waals surface area (Å²) in [6.07, 6.45) is 2.04. The van der Waals surface area contributed by atoms with Crippen molar-refractivity contribution in [3.63, 3.8) is 0 Å². The number of nitrogens with two attached hydrogens (primary N) is 1. The van der Waals surface area contributed by atoms with Gasteiger partial charge in [-0.05, 0) is 53.9 Å².